The van der Waals surface area contributed by atoms with Crippen molar-refractivity contribution in [1.82, 2.24) is 14.1 Å². The number of hydrogen-bond donors (Lipinski definition) is 1. The number of nitrogens with zero attached hydrogens (tertiary/aromatic N) is 3. The van der Waals surface area contributed by atoms with Gasteiger partial charge in [0.1, 0.15) is 0 Å². The van der Waals surface area contributed by atoms with E-state index < -0.39 is 16.1 Å². The van der Waals surface area contributed by atoms with Crippen LogP contribution in [0.1, 0.15) is 28.1 Å². The fourth-order valence-electron chi connectivity index (χ4n) is 4.30. The van der Waals surface area contributed by atoms with Gasteiger partial charge in [-0.25, -0.2) is 22.2 Å². The van der Waals surface area contributed by atoms with Gasteiger partial charge in [-0.2, -0.15) is 5.10 Å². The Morgan fingerprint density at radius 3 is 2.19 bits per heavy atom. The molecule has 186 valence electrons. The van der Waals surface area contributed by atoms with Gasteiger partial charge in [-0.3, -0.25) is 0 Å². The lowest BCUT2D eigenvalue weighted by atomic mass is 10.0. The highest BCUT2D eigenvalue weighted by Crippen LogP contribution is 2.29. The highest BCUT2D eigenvalue weighted by molar-refractivity contribution is 7.89. The third kappa shape index (κ3) is 5.04. The lowest BCUT2D eigenvalue weighted by Crippen LogP contribution is -2.37. The number of hydrogen-bond acceptors (Lipinski definition) is 4. The quantitative estimate of drug-likeness (QED) is 0.350. The number of aromatic nitrogens is 2. The first-order valence-electron chi connectivity index (χ1n) is 11.6. The Balaban J connectivity index is 1.53. The standard InChI is InChI=1S/C28H29N3O4S/c1-19-8-14-26(15-9-19)36(34,35)30(28(32)33)17-16-23-10-12-25(13-11-23)31-22(4)27(21(3)29-31)24-7-5-6-20(2)18-24/h5-15,18H,16-17H2,1-4H3,(H,32,33). The molecular formula is C28H29N3O4S. The van der Waals surface area contributed by atoms with E-state index in [2.05, 4.69) is 25.1 Å². The Kier molecular flexibility index (Phi) is 6.99. The van der Waals surface area contributed by atoms with Gasteiger partial charge in [0.05, 0.1) is 16.3 Å². The van der Waals surface area contributed by atoms with E-state index in [4.69, 9.17) is 5.10 Å². The van der Waals surface area contributed by atoms with E-state index in [0.717, 1.165) is 39.3 Å². The second-order valence-corrected chi connectivity index (χ2v) is 10.8. The van der Waals surface area contributed by atoms with Crippen LogP contribution in [0.5, 0.6) is 0 Å². The third-order valence-electron chi connectivity index (χ3n) is 6.20. The molecule has 0 saturated heterocycles. The van der Waals surface area contributed by atoms with Gasteiger partial charge >= 0.3 is 6.09 Å². The topological polar surface area (TPSA) is 92.5 Å². The average Bonchev–Trinajstić information content (AvgIpc) is 3.13. The largest absolute Gasteiger partial charge is 0.464 e. The number of benzene rings is 3. The molecule has 4 aromatic rings. The Labute approximate surface area is 211 Å². The summed E-state index contributed by atoms with van der Waals surface area (Å²) in [6.07, 6.45) is -1.25. The van der Waals surface area contributed by atoms with Crippen molar-refractivity contribution in [2.75, 3.05) is 6.54 Å². The van der Waals surface area contributed by atoms with Crippen molar-refractivity contribution in [3.63, 3.8) is 0 Å². The molecule has 0 spiro atoms. The smallest absolute Gasteiger partial charge is 0.421 e. The summed E-state index contributed by atoms with van der Waals surface area (Å²) in [7, 11) is -4.16. The van der Waals surface area contributed by atoms with E-state index >= 15 is 0 Å². The monoisotopic (exact) mass is 503 g/mol. The van der Waals surface area contributed by atoms with E-state index in [-0.39, 0.29) is 17.9 Å². The van der Waals surface area contributed by atoms with Crippen molar-refractivity contribution in [1.29, 1.82) is 0 Å². The molecule has 8 heteroatoms. The first kappa shape index (κ1) is 25.2. The van der Waals surface area contributed by atoms with Gasteiger partial charge in [-0.15, -0.1) is 0 Å². The normalized spacial score (nSPS) is 11.4. The summed E-state index contributed by atoms with van der Waals surface area (Å²) in [4.78, 5) is 11.7. The molecule has 0 saturated carbocycles. The van der Waals surface area contributed by atoms with Gasteiger partial charge < -0.3 is 5.11 Å². The van der Waals surface area contributed by atoms with Crippen LogP contribution >= 0.6 is 0 Å². The summed E-state index contributed by atoms with van der Waals surface area (Å²) < 4.78 is 28.2. The molecule has 0 atom stereocenters. The summed E-state index contributed by atoms with van der Waals surface area (Å²) >= 11 is 0. The van der Waals surface area contributed by atoms with Crippen molar-refractivity contribution in [3.05, 3.63) is 101 Å². The van der Waals surface area contributed by atoms with Gasteiger partial charge in [0.2, 0.25) is 0 Å². The SMILES string of the molecule is Cc1ccc(S(=O)(=O)N(CCc2ccc(-n3nc(C)c(-c4cccc(C)c4)c3C)cc2)C(=O)O)cc1. The molecule has 0 radical (unpaired) electrons. The van der Waals surface area contributed by atoms with Crippen LogP contribution in [0.4, 0.5) is 4.79 Å². The number of carboxylic acid groups (broad SMARTS) is 1. The Hall–Kier alpha value is -3.91. The number of carbonyl (C=O) groups is 1. The zero-order valence-corrected chi connectivity index (χ0v) is 21.6. The first-order valence-corrected chi connectivity index (χ1v) is 13.1. The molecule has 36 heavy (non-hydrogen) atoms. The molecule has 1 N–H and O–H groups in total. The summed E-state index contributed by atoms with van der Waals surface area (Å²) in [6, 6.07) is 22.0. The highest BCUT2D eigenvalue weighted by Gasteiger charge is 2.28. The Morgan fingerprint density at radius 2 is 1.58 bits per heavy atom. The van der Waals surface area contributed by atoms with Crippen LogP contribution in [0.2, 0.25) is 0 Å². The number of amides is 1. The predicted octanol–water partition coefficient (Wildman–Crippen LogP) is 5.68. The van der Waals surface area contributed by atoms with Gasteiger partial charge in [-0.05, 0) is 69.5 Å². The number of aryl methyl sites for hydroxylation is 3. The number of sulfonamides is 1. The first-order chi connectivity index (χ1) is 17.1. The van der Waals surface area contributed by atoms with Gasteiger partial charge in [0.25, 0.3) is 10.0 Å². The molecular weight excluding hydrogens is 474 g/mol. The van der Waals surface area contributed by atoms with Crippen molar-refractivity contribution < 1.29 is 18.3 Å². The summed E-state index contributed by atoms with van der Waals surface area (Å²) in [6.45, 7) is 7.75. The molecule has 0 bridgehead atoms. The van der Waals surface area contributed by atoms with E-state index in [0.29, 0.717) is 4.31 Å². The zero-order chi connectivity index (χ0) is 26.0. The van der Waals surface area contributed by atoms with E-state index in [1.807, 2.05) is 55.8 Å². The molecule has 1 heterocycles. The van der Waals surface area contributed by atoms with Gasteiger partial charge in [0, 0.05) is 17.8 Å². The third-order valence-corrected chi connectivity index (χ3v) is 7.99. The van der Waals surface area contributed by atoms with Crippen LogP contribution in [-0.4, -0.2) is 40.2 Å². The molecule has 0 aliphatic rings. The molecule has 7 nitrogen and oxygen atoms in total. The average molecular weight is 504 g/mol. The minimum atomic E-state index is -4.16. The van der Waals surface area contributed by atoms with Gasteiger partial charge in [0.15, 0.2) is 0 Å². The van der Waals surface area contributed by atoms with E-state index in [9.17, 15) is 18.3 Å². The minimum Gasteiger partial charge on any atom is -0.464 e. The fourth-order valence-corrected chi connectivity index (χ4v) is 5.57. The van der Waals surface area contributed by atoms with Crippen LogP contribution in [0.3, 0.4) is 0 Å². The predicted molar refractivity (Wildman–Crippen MR) is 140 cm³/mol. The molecule has 4 rings (SSSR count). The molecule has 0 aliphatic carbocycles. The van der Waals surface area contributed by atoms with Crippen molar-refractivity contribution in [2.45, 2.75) is 39.0 Å². The highest BCUT2D eigenvalue weighted by atomic mass is 32.2. The maximum Gasteiger partial charge on any atom is 0.421 e. The maximum absolute atomic E-state index is 12.9. The molecule has 1 amide bonds. The van der Waals surface area contributed by atoms with Crippen molar-refractivity contribution >= 4 is 16.1 Å². The lowest BCUT2D eigenvalue weighted by Gasteiger charge is -2.19. The lowest BCUT2D eigenvalue weighted by molar-refractivity contribution is 0.172. The van der Waals surface area contributed by atoms with Crippen LogP contribution in [-0.2, 0) is 16.4 Å². The maximum atomic E-state index is 12.9. The van der Waals surface area contributed by atoms with E-state index in [1.54, 1.807) is 12.1 Å². The summed E-state index contributed by atoms with van der Waals surface area (Å²) in [5.74, 6) is 0. The zero-order valence-electron chi connectivity index (χ0n) is 20.8. The second kappa shape index (κ2) is 9.99. The van der Waals surface area contributed by atoms with Crippen molar-refractivity contribution in [2.24, 2.45) is 0 Å². The molecule has 3 aromatic carbocycles. The number of rotatable bonds is 7. The van der Waals surface area contributed by atoms with Crippen LogP contribution in [0.15, 0.2) is 77.7 Å². The molecule has 0 unspecified atom stereocenters. The molecule has 0 aliphatic heterocycles. The molecule has 0 fully saturated rings. The van der Waals surface area contributed by atoms with E-state index in [1.165, 1.54) is 17.7 Å². The second-order valence-electron chi connectivity index (χ2n) is 8.92. The van der Waals surface area contributed by atoms with Crippen LogP contribution in [0, 0.1) is 27.7 Å². The van der Waals surface area contributed by atoms with Crippen LogP contribution < -0.4 is 0 Å². The van der Waals surface area contributed by atoms with Crippen LogP contribution in [0.25, 0.3) is 16.8 Å². The fraction of sp³-hybridized carbons (Fsp3) is 0.214. The molecule has 1 aromatic heterocycles. The Bertz CT molecular complexity index is 1510. The Morgan fingerprint density at radius 1 is 0.917 bits per heavy atom. The van der Waals surface area contributed by atoms with Gasteiger partial charge in [-0.1, -0.05) is 59.7 Å². The summed E-state index contributed by atoms with van der Waals surface area (Å²) in [5.41, 5.74) is 7.95. The minimum absolute atomic E-state index is 0.0419. The van der Waals surface area contributed by atoms with Crippen molar-refractivity contribution in [3.8, 4) is 16.8 Å². The summed E-state index contributed by atoms with van der Waals surface area (Å²) in [5, 5.41) is 14.3.